The standard InChI is InChI=1S/C16H19ClN2O/c1-3-16(20)15-9-8-13(10-18-15)19(2)11-12-6-4-5-7-14(12)17/h4-10,16,20H,3,11H2,1-2H3/t16-/m0/s1. The van der Waals surface area contributed by atoms with Crippen LogP contribution in [0.2, 0.25) is 5.02 Å². The zero-order valence-corrected chi connectivity index (χ0v) is 12.5. The molecule has 2 aromatic rings. The molecule has 0 aliphatic carbocycles. The van der Waals surface area contributed by atoms with Crippen molar-refractivity contribution < 1.29 is 5.11 Å². The molecule has 1 aromatic carbocycles. The van der Waals surface area contributed by atoms with E-state index in [-0.39, 0.29) is 0 Å². The van der Waals surface area contributed by atoms with Crippen molar-refractivity contribution in [2.75, 3.05) is 11.9 Å². The summed E-state index contributed by atoms with van der Waals surface area (Å²) in [6.45, 7) is 2.65. The molecule has 1 atom stereocenters. The van der Waals surface area contributed by atoms with Gasteiger partial charge in [-0.2, -0.15) is 0 Å². The average molecular weight is 291 g/mol. The first-order valence-corrected chi connectivity index (χ1v) is 7.08. The van der Waals surface area contributed by atoms with E-state index in [1.165, 1.54) is 0 Å². The predicted molar refractivity (Wildman–Crippen MR) is 83.0 cm³/mol. The Hall–Kier alpha value is -1.58. The highest BCUT2D eigenvalue weighted by Gasteiger charge is 2.08. The average Bonchev–Trinajstić information content (AvgIpc) is 2.49. The Morgan fingerprint density at radius 2 is 2.00 bits per heavy atom. The number of halogens is 1. The minimum absolute atomic E-state index is 0.488. The number of rotatable bonds is 5. The summed E-state index contributed by atoms with van der Waals surface area (Å²) in [5.74, 6) is 0. The van der Waals surface area contributed by atoms with Crippen LogP contribution >= 0.6 is 11.6 Å². The van der Waals surface area contributed by atoms with Gasteiger partial charge in [-0.05, 0) is 30.2 Å². The van der Waals surface area contributed by atoms with E-state index in [9.17, 15) is 5.11 Å². The number of pyridine rings is 1. The van der Waals surface area contributed by atoms with E-state index in [0.29, 0.717) is 12.1 Å². The first-order chi connectivity index (χ1) is 9.61. The van der Waals surface area contributed by atoms with Gasteiger partial charge < -0.3 is 10.0 Å². The van der Waals surface area contributed by atoms with Crippen LogP contribution in [0, 0.1) is 0 Å². The number of benzene rings is 1. The molecule has 20 heavy (non-hydrogen) atoms. The van der Waals surface area contributed by atoms with Crippen LogP contribution in [0.1, 0.15) is 30.7 Å². The number of nitrogens with zero attached hydrogens (tertiary/aromatic N) is 2. The summed E-state index contributed by atoms with van der Waals surface area (Å²) in [5, 5.41) is 10.5. The Kier molecular flexibility index (Phi) is 4.99. The molecule has 0 spiro atoms. The number of aromatic nitrogens is 1. The van der Waals surface area contributed by atoms with Crippen molar-refractivity contribution in [2.45, 2.75) is 26.0 Å². The molecule has 0 saturated heterocycles. The molecule has 0 unspecified atom stereocenters. The van der Waals surface area contributed by atoms with Crippen LogP contribution in [-0.2, 0) is 6.54 Å². The van der Waals surface area contributed by atoms with Gasteiger partial charge in [-0.25, -0.2) is 0 Å². The second-order valence-corrected chi connectivity index (χ2v) is 5.22. The number of aliphatic hydroxyl groups excluding tert-OH is 1. The van der Waals surface area contributed by atoms with E-state index in [4.69, 9.17) is 11.6 Å². The summed E-state index contributed by atoms with van der Waals surface area (Å²) in [7, 11) is 2.00. The normalized spacial score (nSPS) is 12.2. The minimum atomic E-state index is -0.488. The fourth-order valence-corrected chi connectivity index (χ4v) is 2.20. The number of aliphatic hydroxyl groups is 1. The first-order valence-electron chi connectivity index (χ1n) is 6.70. The van der Waals surface area contributed by atoms with Crippen molar-refractivity contribution in [1.82, 2.24) is 4.98 Å². The van der Waals surface area contributed by atoms with Gasteiger partial charge in [-0.3, -0.25) is 4.98 Å². The van der Waals surface area contributed by atoms with Crippen LogP contribution in [0.5, 0.6) is 0 Å². The molecular weight excluding hydrogens is 272 g/mol. The molecule has 1 heterocycles. The number of anilines is 1. The third-order valence-corrected chi connectivity index (χ3v) is 3.67. The summed E-state index contributed by atoms with van der Waals surface area (Å²) >= 11 is 6.17. The summed E-state index contributed by atoms with van der Waals surface area (Å²) in [5.41, 5.74) is 2.79. The van der Waals surface area contributed by atoms with Crippen LogP contribution in [-0.4, -0.2) is 17.1 Å². The molecule has 4 heteroatoms. The Balaban J connectivity index is 2.10. The van der Waals surface area contributed by atoms with E-state index >= 15 is 0 Å². The molecule has 0 saturated carbocycles. The van der Waals surface area contributed by atoms with Crippen LogP contribution < -0.4 is 4.90 Å². The van der Waals surface area contributed by atoms with E-state index in [1.54, 1.807) is 6.20 Å². The lowest BCUT2D eigenvalue weighted by Gasteiger charge is -2.20. The maximum atomic E-state index is 9.74. The zero-order chi connectivity index (χ0) is 14.5. The first kappa shape index (κ1) is 14.8. The predicted octanol–water partition coefficient (Wildman–Crippen LogP) is 3.81. The summed E-state index contributed by atoms with van der Waals surface area (Å²) in [6, 6.07) is 11.7. The molecule has 3 nitrogen and oxygen atoms in total. The molecule has 0 amide bonds. The molecule has 106 valence electrons. The smallest absolute Gasteiger partial charge is 0.0957 e. The fourth-order valence-electron chi connectivity index (χ4n) is 2.00. The minimum Gasteiger partial charge on any atom is -0.387 e. The second-order valence-electron chi connectivity index (χ2n) is 4.81. The highest BCUT2D eigenvalue weighted by atomic mass is 35.5. The monoisotopic (exact) mass is 290 g/mol. The van der Waals surface area contributed by atoms with Crippen molar-refractivity contribution in [2.24, 2.45) is 0 Å². The van der Waals surface area contributed by atoms with Gasteiger partial charge >= 0.3 is 0 Å². The highest BCUT2D eigenvalue weighted by molar-refractivity contribution is 6.31. The van der Waals surface area contributed by atoms with E-state index in [2.05, 4.69) is 9.88 Å². The summed E-state index contributed by atoms with van der Waals surface area (Å²) < 4.78 is 0. The van der Waals surface area contributed by atoms with Crippen molar-refractivity contribution in [3.63, 3.8) is 0 Å². The van der Waals surface area contributed by atoms with Crippen LogP contribution in [0.15, 0.2) is 42.6 Å². The highest BCUT2D eigenvalue weighted by Crippen LogP contribution is 2.21. The maximum absolute atomic E-state index is 9.74. The van der Waals surface area contributed by atoms with Crippen molar-refractivity contribution in [3.05, 3.63) is 58.9 Å². The van der Waals surface area contributed by atoms with Gasteiger partial charge in [0.05, 0.1) is 23.7 Å². The largest absolute Gasteiger partial charge is 0.387 e. The number of hydrogen-bond acceptors (Lipinski definition) is 3. The Bertz CT molecular complexity index is 557. The molecule has 0 radical (unpaired) electrons. The Morgan fingerprint density at radius 3 is 2.60 bits per heavy atom. The lowest BCUT2D eigenvalue weighted by Crippen LogP contribution is -2.17. The van der Waals surface area contributed by atoms with E-state index in [0.717, 1.165) is 22.8 Å². The lowest BCUT2D eigenvalue weighted by atomic mass is 10.1. The van der Waals surface area contributed by atoms with Gasteiger partial charge in [0.25, 0.3) is 0 Å². The van der Waals surface area contributed by atoms with Crippen molar-refractivity contribution in [1.29, 1.82) is 0 Å². The van der Waals surface area contributed by atoms with Gasteiger partial charge in [0.1, 0.15) is 0 Å². The molecule has 0 bridgehead atoms. The fraction of sp³-hybridized carbons (Fsp3) is 0.312. The summed E-state index contributed by atoms with van der Waals surface area (Å²) in [6.07, 6.45) is 1.96. The van der Waals surface area contributed by atoms with Crippen LogP contribution in [0.4, 0.5) is 5.69 Å². The van der Waals surface area contributed by atoms with Gasteiger partial charge in [-0.15, -0.1) is 0 Å². The van der Waals surface area contributed by atoms with Gasteiger partial charge in [0.15, 0.2) is 0 Å². The maximum Gasteiger partial charge on any atom is 0.0957 e. The lowest BCUT2D eigenvalue weighted by molar-refractivity contribution is 0.169. The second kappa shape index (κ2) is 6.73. The van der Waals surface area contributed by atoms with Crippen molar-refractivity contribution in [3.8, 4) is 0 Å². The topological polar surface area (TPSA) is 36.4 Å². The molecule has 0 aliphatic heterocycles. The molecular formula is C16H19ClN2O. The molecule has 1 N–H and O–H groups in total. The zero-order valence-electron chi connectivity index (χ0n) is 11.8. The summed E-state index contributed by atoms with van der Waals surface area (Å²) in [4.78, 5) is 6.39. The van der Waals surface area contributed by atoms with Gasteiger partial charge in [0.2, 0.25) is 0 Å². The van der Waals surface area contributed by atoms with Crippen LogP contribution in [0.25, 0.3) is 0 Å². The third-order valence-electron chi connectivity index (χ3n) is 3.30. The van der Waals surface area contributed by atoms with E-state index in [1.807, 2.05) is 50.4 Å². The van der Waals surface area contributed by atoms with E-state index < -0.39 is 6.10 Å². The SMILES string of the molecule is CC[C@H](O)c1ccc(N(C)Cc2ccccc2Cl)cn1. The Labute approximate surface area is 124 Å². The molecule has 1 aromatic heterocycles. The Morgan fingerprint density at radius 1 is 1.25 bits per heavy atom. The molecule has 0 fully saturated rings. The third kappa shape index (κ3) is 3.50. The number of hydrogen-bond donors (Lipinski definition) is 1. The van der Waals surface area contributed by atoms with Gasteiger partial charge in [0, 0.05) is 18.6 Å². The van der Waals surface area contributed by atoms with Gasteiger partial charge in [-0.1, -0.05) is 36.7 Å². The van der Waals surface area contributed by atoms with Crippen LogP contribution in [0.3, 0.4) is 0 Å². The van der Waals surface area contributed by atoms with Crippen molar-refractivity contribution >= 4 is 17.3 Å². The molecule has 2 rings (SSSR count). The quantitative estimate of drug-likeness (QED) is 0.909. The molecule has 0 aliphatic rings.